The van der Waals surface area contributed by atoms with Gasteiger partial charge in [0.1, 0.15) is 5.52 Å². The monoisotopic (exact) mass is 347 g/mol. The number of hydrogen-bond donors (Lipinski definition) is 1. The molecular formula is C16H17N3O2S2. The second-order valence-electron chi connectivity index (χ2n) is 5.12. The number of nitrogens with zero attached hydrogens (tertiary/aromatic N) is 2. The van der Waals surface area contributed by atoms with Crippen molar-refractivity contribution in [1.82, 2.24) is 9.97 Å². The third kappa shape index (κ3) is 4.33. The normalized spacial score (nSPS) is 11.0. The summed E-state index contributed by atoms with van der Waals surface area (Å²) >= 11 is 3.38. The molecule has 0 saturated heterocycles. The molecule has 1 N–H and O–H groups in total. The number of rotatable bonds is 6. The van der Waals surface area contributed by atoms with Crippen molar-refractivity contribution in [2.24, 2.45) is 0 Å². The van der Waals surface area contributed by atoms with Crippen LogP contribution in [0, 0.1) is 13.8 Å². The molecule has 0 saturated carbocycles. The third-order valence-electron chi connectivity index (χ3n) is 3.17. The van der Waals surface area contributed by atoms with E-state index in [1.165, 1.54) is 0 Å². The molecule has 0 aliphatic carbocycles. The third-order valence-corrected chi connectivity index (χ3v) is 4.98. The number of oxazole rings is 1. The molecular weight excluding hydrogens is 330 g/mol. The summed E-state index contributed by atoms with van der Waals surface area (Å²) < 4.78 is 5.42. The van der Waals surface area contributed by atoms with E-state index in [9.17, 15) is 4.79 Å². The van der Waals surface area contributed by atoms with Crippen LogP contribution in [-0.2, 0) is 10.5 Å². The zero-order valence-electron chi connectivity index (χ0n) is 13.0. The molecule has 1 aromatic carbocycles. The van der Waals surface area contributed by atoms with Gasteiger partial charge in [-0.2, -0.15) is 11.8 Å². The van der Waals surface area contributed by atoms with Crippen LogP contribution < -0.4 is 5.32 Å². The Morgan fingerprint density at radius 1 is 1.35 bits per heavy atom. The zero-order valence-corrected chi connectivity index (χ0v) is 14.6. The van der Waals surface area contributed by atoms with E-state index in [1.807, 2.05) is 25.1 Å². The van der Waals surface area contributed by atoms with Gasteiger partial charge in [-0.1, -0.05) is 0 Å². The predicted molar refractivity (Wildman–Crippen MR) is 95.0 cm³/mol. The number of aromatic nitrogens is 2. The summed E-state index contributed by atoms with van der Waals surface area (Å²) in [7, 11) is 0. The summed E-state index contributed by atoms with van der Waals surface area (Å²) in [4.78, 5) is 20.7. The number of hydrogen-bond acceptors (Lipinski definition) is 6. The highest BCUT2D eigenvalue weighted by atomic mass is 32.2. The van der Waals surface area contributed by atoms with E-state index in [2.05, 4.69) is 20.7 Å². The molecule has 3 aromatic rings. The van der Waals surface area contributed by atoms with Crippen LogP contribution >= 0.6 is 23.1 Å². The lowest BCUT2D eigenvalue weighted by Crippen LogP contribution is -2.12. The highest BCUT2D eigenvalue weighted by molar-refractivity contribution is 7.98. The first-order valence-corrected chi connectivity index (χ1v) is 9.29. The number of carbonyl (C=O) groups excluding carboxylic acids is 1. The van der Waals surface area contributed by atoms with Gasteiger partial charge in [-0.15, -0.1) is 11.3 Å². The van der Waals surface area contributed by atoms with Gasteiger partial charge in [-0.05, 0) is 25.1 Å². The highest BCUT2D eigenvalue weighted by Crippen LogP contribution is 2.20. The average molecular weight is 347 g/mol. The molecule has 23 heavy (non-hydrogen) atoms. The van der Waals surface area contributed by atoms with Crippen LogP contribution in [0.3, 0.4) is 0 Å². The maximum atomic E-state index is 12.0. The molecule has 0 radical (unpaired) electrons. The van der Waals surface area contributed by atoms with E-state index in [-0.39, 0.29) is 5.91 Å². The molecule has 1 amide bonds. The number of thiazole rings is 1. The molecule has 2 aromatic heterocycles. The topological polar surface area (TPSA) is 68.0 Å². The Hall–Kier alpha value is -1.86. The van der Waals surface area contributed by atoms with Crippen LogP contribution in [0.1, 0.15) is 23.0 Å². The molecule has 0 atom stereocenters. The van der Waals surface area contributed by atoms with E-state index >= 15 is 0 Å². The van der Waals surface area contributed by atoms with E-state index in [4.69, 9.17) is 4.42 Å². The Labute approximate surface area is 142 Å². The predicted octanol–water partition coefficient (Wildman–Crippen LogP) is 4.16. The second kappa shape index (κ2) is 7.14. The fourth-order valence-electron chi connectivity index (χ4n) is 2.16. The zero-order chi connectivity index (χ0) is 16.2. The number of benzene rings is 1. The fourth-order valence-corrected chi connectivity index (χ4v) is 3.71. The number of nitrogens with one attached hydrogen (secondary N) is 1. The lowest BCUT2D eigenvalue weighted by atomic mass is 10.3. The number of amides is 1. The molecule has 0 fully saturated rings. The van der Waals surface area contributed by atoms with Crippen LogP contribution in [0.5, 0.6) is 0 Å². The van der Waals surface area contributed by atoms with Crippen LogP contribution in [0.25, 0.3) is 11.1 Å². The maximum absolute atomic E-state index is 12.0. The molecule has 0 aliphatic rings. The first kappa shape index (κ1) is 16.0. The van der Waals surface area contributed by atoms with Crippen molar-refractivity contribution >= 4 is 45.8 Å². The van der Waals surface area contributed by atoms with Gasteiger partial charge in [0.15, 0.2) is 11.5 Å². The van der Waals surface area contributed by atoms with E-state index in [0.29, 0.717) is 12.3 Å². The van der Waals surface area contributed by atoms with Gasteiger partial charge < -0.3 is 9.73 Å². The van der Waals surface area contributed by atoms with Crippen molar-refractivity contribution in [3.05, 3.63) is 40.2 Å². The smallest absolute Gasteiger partial charge is 0.225 e. The summed E-state index contributed by atoms with van der Waals surface area (Å²) in [6, 6.07) is 5.48. The molecule has 5 nitrogen and oxygen atoms in total. The van der Waals surface area contributed by atoms with E-state index in [1.54, 1.807) is 30.0 Å². The summed E-state index contributed by atoms with van der Waals surface area (Å²) in [5.41, 5.74) is 3.32. The SMILES string of the molecule is Cc1nc2cc(NC(=O)CCSCc3csc(C)n3)ccc2o1. The molecule has 0 bridgehead atoms. The lowest BCUT2D eigenvalue weighted by Gasteiger charge is -2.04. The molecule has 3 rings (SSSR count). The average Bonchev–Trinajstić information content (AvgIpc) is 3.08. The van der Waals surface area contributed by atoms with E-state index in [0.717, 1.165) is 39.0 Å². The molecule has 2 heterocycles. The quantitative estimate of drug-likeness (QED) is 0.678. The molecule has 120 valence electrons. The number of aryl methyl sites for hydroxylation is 2. The number of carbonyl (C=O) groups is 1. The minimum atomic E-state index is 0.00604. The van der Waals surface area contributed by atoms with Gasteiger partial charge in [-0.3, -0.25) is 4.79 Å². The number of anilines is 1. The Kier molecular flexibility index (Phi) is 4.97. The van der Waals surface area contributed by atoms with Crippen molar-refractivity contribution in [3.63, 3.8) is 0 Å². The summed E-state index contributed by atoms with van der Waals surface area (Å²) in [6.45, 7) is 3.80. The van der Waals surface area contributed by atoms with Gasteiger partial charge in [0.05, 0.1) is 10.7 Å². The molecule has 0 unspecified atom stereocenters. The lowest BCUT2D eigenvalue weighted by molar-refractivity contribution is -0.115. The highest BCUT2D eigenvalue weighted by Gasteiger charge is 2.07. The molecule has 7 heteroatoms. The molecule has 0 spiro atoms. The van der Waals surface area contributed by atoms with Gasteiger partial charge in [0, 0.05) is 35.9 Å². The van der Waals surface area contributed by atoms with Gasteiger partial charge >= 0.3 is 0 Å². The van der Waals surface area contributed by atoms with Gasteiger partial charge in [-0.25, -0.2) is 9.97 Å². The van der Waals surface area contributed by atoms with Crippen molar-refractivity contribution in [2.45, 2.75) is 26.0 Å². The van der Waals surface area contributed by atoms with Crippen molar-refractivity contribution in [1.29, 1.82) is 0 Å². The van der Waals surface area contributed by atoms with Crippen LogP contribution in [0.4, 0.5) is 5.69 Å². The van der Waals surface area contributed by atoms with Crippen LogP contribution in [0.2, 0.25) is 0 Å². The van der Waals surface area contributed by atoms with Gasteiger partial charge in [0.2, 0.25) is 5.91 Å². The first-order valence-electron chi connectivity index (χ1n) is 7.26. The number of thioether (sulfide) groups is 1. The second-order valence-corrected chi connectivity index (χ2v) is 7.29. The van der Waals surface area contributed by atoms with Gasteiger partial charge in [0.25, 0.3) is 0 Å². The van der Waals surface area contributed by atoms with Crippen LogP contribution in [0.15, 0.2) is 28.0 Å². The Balaban J connectivity index is 1.46. The van der Waals surface area contributed by atoms with Crippen molar-refractivity contribution in [3.8, 4) is 0 Å². The molecule has 0 aliphatic heterocycles. The standard InChI is InChI=1S/C16H17N3O2S2/c1-10-17-14-7-12(3-4-15(14)21-10)19-16(20)5-6-22-8-13-9-23-11(2)18-13/h3-4,7,9H,5-6,8H2,1-2H3,(H,19,20). The van der Waals surface area contributed by atoms with Crippen LogP contribution in [-0.4, -0.2) is 21.6 Å². The largest absolute Gasteiger partial charge is 0.441 e. The first-order chi connectivity index (χ1) is 11.1. The minimum absolute atomic E-state index is 0.00604. The minimum Gasteiger partial charge on any atom is -0.441 e. The Bertz CT molecular complexity index is 826. The number of fused-ring (bicyclic) bond motifs is 1. The maximum Gasteiger partial charge on any atom is 0.225 e. The Morgan fingerprint density at radius 3 is 3.00 bits per heavy atom. The van der Waals surface area contributed by atoms with Crippen molar-refractivity contribution < 1.29 is 9.21 Å². The summed E-state index contributed by atoms with van der Waals surface area (Å²) in [5.74, 6) is 2.25. The summed E-state index contributed by atoms with van der Waals surface area (Å²) in [5, 5.41) is 6.05. The Morgan fingerprint density at radius 2 is 2.22 bits per heavy atom. The van der Waals surface area contributed by atoms with E-state index < -0.39 is 0 Å². The summed E-state index contributed by atoms with van der Waals surface area (Å²) in [6.07, 6.45) is 0.476. The fraction of sp³-hybridized carbons (Fsp3) is 0.312. The van der Waals surface area contributed by atoms with Crippen molar-refractivity contribution in [2.75, 3.05) is 11.1 Å².